The maximum Gasteiger partial charge on any atom is 0.343 e. The van der Waals surface area contributed by atoms with Gasteiger partial charge in [0.2, 0.25) is 11.5 Å². The van der Waals surface area contributed by atoms with Crippen molar-refractivity contribution in [2.75, 3.05) is 0 Å². The molecule has 0 bridgehead atoms. The average molecular weight is 919 g/mol. The van der Waals surface area contributed by atoms with Gasteiger partial charge in [-0.05, 0) is 84.9 Å². The van der Waals surface area contributed by atoms with Crippen molar-refractivity contribution in [2.24, 2.45) is 0 Å². The molecule has 8 aromatic rings. The first-order valence-corrected chi connectivity index (χ1v) is 20.8. The Labute approximate surface area is 392 Å². The Morgan fingerprint density at radius 3 is 0.899 bits per heavy atom. The van der Waals surface area contributed by atoms with E-state index in [0.717, 1.165) is 18.2 Å². The zero-order valence-corrected chi connectivity index (χ0v) is 35.8. The van der Waals surface area contributed by atoms with Gasteiger partial charge in [-0.2, -0.15) is 0 Å². The molecule has 14 nitrogen and oxygen atoms in total. The molecule has 0 radical (unpaired) electrons. The van der Waals surface area contributed by atoms with Gasteiger partial charge in [0, 0.05) is 17.2 Å². The van der Waals surface area contributed by atoms with E-state index in [4.69, 9.17) is 28.4 Å². The molecule has 1 N–H and O–H groups in total. The van der Waals surface area contributed by atoms with Gasteiger partial charge in [-0.25, -0.2) is 33.6 Å². The second-order valence-electron chi connectivity index (χ2n) is 14.6. The van der Waals surface area contributed by atoms with E-state index in [2.05, 4.69) is 0 Å². The third-order valence-electron chi connectivity index (χ3n) is 10.0. The van der Waals surface area contributed by atoms with Crippen LogP contribution in [-0.4, -0.2) is 46.9 Å². The van der Waals surface area contributed by atoms with Gasteiger partial charge in [0.15, 0.2) is 23.0 Å². The Bertz CT molecular complexity index is 3210. The van der Waals surface area contributed by atoms with E-state index < -0.39 is 93.0 Å². The molecule has 0 atom stereocenters. The lowest BCUT2D eigenvalue weighted by atomic mass is 9.95. The van der Waals surface area contributed by atoms with E-state index >= 15 is 0 Å². The summed E-state index contributed by atoms with van der Waals surface area (Å²) in [6, 6.07) is 48.5. The lowest BCUT2D eigenvalue weighted by molar-refractivity contribution is 0.0649. The van der Waals surface area contributed by atoms with Crippen LogP contribution < -0.4 is 28.4 Å². The Kier molecular flexibility index (Phi) is 13.8. The number of carboxylic acid groups (broad SMARTS) is 1. The molecule has 69 heavy (non-hydrogen) atoms. The summed E-state index contributed by atoms with van der Waals surface area (Å²) < 4.78 is 35.6. The van der Waals surface area contributed by atoms with Crippen molar-refractivity contribution in [3.05, 3.63) is 239 Å². The Balaban J connectivity index is 1.45. The molecule has 14 heteroatoms. The highest BCUT2D eigenvalue weighted by molar-refractivity contribution is 6.06. The van der Waals surface area contributed by atoms with Crippen molar-refractivity contribution >= 4 is 41.8 Å². The number of hydrogen-bond donors (Lipinski definition) is 1. The van der Waals surface area contributed by atoms with Crippen LogP contribution in [0.3, 0.4) is 0 Å². The lowest BCUT2D eigenvalue weighted by Gasteiger charge is -2.23. The van der Waals surface area contributed by atoms with Crippen LogP contribution in [0.25, 0.3) is 11.1 Å². The maximum absolute atomic E-state index is 14.2. The van der Waals surface area contributed by atoms with Crippen molar-refractivity contribution in [3.8, 4) is 45.6 Å². The molecule has 0 amide bonds. The first kappa shape index (κ1) is 45.6. The third-order valence-corrected chi connectivity index (χ3v) is 10.0. The molecule has 8 rings (SSSR count). The molecular weight excluding hydrogens is 885 g/mol. The van der Waals surface area contributed by atoms with Crippen LogP contribution in [-0.2, 0) is 0 Å². The molecule has 338 valence electrons. The van der Waals surface area contributed by atoms with E-state index in [1.54, 1.807) is 97.1 Å². The molecule has 0 spiro atoms. The van der Waals surface area contributed by atoms with Crippen LogP contribution in [0.5, 0.6) is 34.5 Å². The normalized spacial score (nSPS) is 10.5. The Morgan fingerprint density at radius 2 is 0.565 bits per heavy atom. The number of carbonyl (C=O) groups excluding carboxylic acids is 6. The minimum absolute atomic E-state index is 0.00207. The fourth-order valence-corrected chi connectivity index (χ4v) is 6.71. The summed E-state index contributed by atoms with van der Waals surface area (Å²) in [5.74, 6) is -12.3. The van der Waals surface area contributed by atoms with Crippen molar-refractivity contribution in [2.45, 2.75) is 0 Å². The highest BCUT2D eigenvalue weighted by Gasteiger charge is 2.35. The average Bonchev–Trinajstić information content (AvgIpc) is 3.39. The molecular formula is C55H34O14. The van der Waals surface area contributed by atoms with Gasteiger partial charge in [0.05, 0.1) is 38.9 Å². The largest absolute Gasteiger partial charge is 0.478 e. The molecule has 0 unspecified atom stereocenters. The quantitative estimate of drug-likeness (QED) is 0.0799. The van der Waals surface area contributed by atoms with Gasteiger partial charge < -0.3 is 33.5 Å². The standard InChI is InChI=1S/C55H34O14/c56-49(57)41-33-43(65-51(59)35-21-9-2-10-22-35)47(68-54(62)38-27-15-5-16-28-38)48(69-55(63)39-29-17-6-18-30-39)44(41)40-31-32-42(64-50(58)34-19-7-1-8-20-34)46(67-53(61)37-25-13-4-14-26-37)45(40)66-52(60)36-23-11-3-12-24-36/h1-33H,(H,56,57). The predicted octanol–water partition coefficient (Wildman–Crippen LogP) is 10.4. The van der Waals surface area contributed by atoms with Crippen LogP contribution in [0.1, 0.15) is 72.5 Å². The number of carboxylic acids is 1. The van der Waals surface area contributed by atoms with Crippen LogP contribution in [0.2, 0.25) is 0 Å². The van der Waals surface area contributed by atoms with Crippen LogP contribution in [0.4, 0.5) is 0 Å². The number of aromatic carboxylic acids is 1. The number of ether oxygens (including phenoxy) is 6. The van der Waals surface area contributed by atoms with E-state index in [-0.39, 0.29) is 33.4 Å². The smallest absolute Gasteiger partial charge is 0.343 e. The fraction of sp³-hybridized carbons (Fsp3) is 0. The highest BCUT2D eigenvalue weighted by atomic mass is 16.6. The molecule has 0 aliphatic carbocycles. The number of rotatable bonds is 14. The van der Waals surface area contributed by atoms with Crippen LogP contribution >= 0.6 is 0 Å². The molecule has 0 heterocycles. The van der Waals surface area contributed by atoms with Crippen molar-refractivity contribution < 1.29 is 67.1 Å². The van der Waals surface area contributed by atoms with E-state index in [1.165, 1.54) is 84.9 Å². The summed E-state index contributed by atoms with van der Waals surface area (Å²) >= 11 is 0. The Hall–Kier alpha value is -9.95. The molecule has 0 saturated heterocycles. The van der Waals surface area contributed by atoms with E-state index in [1.807, 2.05) is 0 Å². The van der Waals surface area contributed by atoms with Gasteiger partial charge in [-0.15, -0.1) is 0 Å². The monoisotopic (exact) mass is 918 g/mol. The highest BCUT2D eigenvalue weighted by Crippen LogP contribution is 2.54. The third kappa shape index (κ3) is 10.6. The summed E-state index contributed by atoms with van der Waals surface area (Å²) in [6.45, 7) is 0. The molecule has 0 fully saturated rings. The SMILES string of the molecule is O=C(Oc1ccc(-c2c(C(=O)O)cc(OC(=O)c3ccccc3)c(OC(=O)c3ccccc3)c2OC(=O)c2ccccc2)c(OC(=O)c2ccccc2)c1OC(=O)c1ccccc1)c1ccccc1. The van der Waals surface area contributed by atoms with Crippen LogP contribution in [0.15, 0.2) is 200 Å². The lowest BCUT2D eigenvalue weighted by Crippen LogP contribution is -2.18. The van der Waals surface area contributed by atoms with E-state index in [0.29, 0.717) is 0 Å². The molecule has 0 saturated carbocycles. The number of carbonyl (C=O) groups is 7. The second kappa shape index (κ2) is 20.9. The minimum atomic E-state index is -1.73. The Morgan fingerprint density at radius 1 is 0.290 bits per heavy atom. The van der Waals surface area contributed by atoms with Crippen LogP contribution in [0, 0.1) is 0 Å². The summed E-state index contributed by atoms with van der Waals surface area (Å²) in [5.41, 5.74) is -1.94. The minimum Gasteiger partial charge on any atom is -0.478 e. The molecule has 0 aliphatic rings. The summed E-state index contributed by atoms with van der Waals surface area (Å²) in [4.78, 5) is 97.6. The van der Waals surface area contributed by atoms with E-state index in [9.17, 15) is 38.7 Å². The molecule has 8 aromatic carbocycles. The fourth-order valence-electron chi connectivity index (χ4n) is 6.71. The summed E-state index contributed by atoms with van der Waals surface area (Å²) in [5, 5.41) is 11.1. The zero-order valence-electron chi connectivity index (χ0n) is 35.8. The van der Waals surface area contributed by atoms with Gasteiger partial charge >= 0.3 is 41.8 Å². The van der Waals surface area contributed by atoms with Gasteiger partial charge in [0.1, 0.15) is 0 Å². The number of benzene rings is 8. The zero-order chi connectivity index (χ0) is 48.3. The summed E-state index contributed by atoms with van der Waals surface area (Å²) in [6.07, 6.45) is 0. The topological polar surface area (TPSA) is 195 Å². The second-order valence-corrected chi connectivity index (χ2v) is 14.6. The first-order valence-electron chi connectivity index (χ1n) is 20.8. The number of hydrogen-bond acceptors (Lipinski definition) is 13. The van der Waals surface area contributed by atoms with Crippen molar-refractivity contribution in [1.29, 1.82) is 0 Å². The predicted molar refractivity (Wildman–Crippen MR) is 247 cm³/mol. The van der Waals surface area contributed by atoms with Crippen molar-refractivity contribution in [1.82, 2.24) is 0 Å². The van der Waals surface area contributed by atoms with Gasteiger partial charge in [-0.3, -0.25) is 0 Å². The summed E-state index contributed by atoms with van der Waals surface area (Å²) in [7, 11) is 0. The maximum atomic E-state index is 14.2. The number of esters is 6. The van der Waals surface area contributed by atoms with Gasteiger partial charge in [-0.1, -0.05) is 109 Å². The molecule has 0 aromatic heterocycles. The van der Waals surface area contributed by atoms with Crippen molar-refractivity contribution in [3.63, 3.8) is 0 Å². The molecule has 0 aliphatic heterocycles. The first-order chi connectivity index (χ1) is 33.5. The van der Waals surface area contributed by atoms with Gasteiger partial charge in [0.25, 0.3) is 0 Å².